The van der Waals surface area contributed by atoms with E-state index in [1.807, 2.05) is 49.4 Å². The lowest BCUT2D eigenvalue weighted by atomic mass is 9.89. The topological polar surface area (TPSA) is 49.7 Å². The molecule has 3 nitrogen and oxygen atoms in total. The van der Waals surface area contributed by atoms with Gasteiger partial charge in [-0.25, -0.2) is 0 Å². The number of benzene rings is 2. The molecular weight excluding hydrogens is 264 g/mol. The number of ether oxygens (including phenoxy) is 1. The Morgan fingerprint density at radius 3 is 2.48 bits per heavy atom. The average molecular weight is 286 g/mol. The highest BCUT2D eigenvalue weighted by Crippen LogP contribution is 2.28. The Morgan fingerprint density at radius 2 is 1.81 bits per heavy atom. The molecule has 2 aromatic rings. The van der Waals surface area contributed by atoms with Gasteiger partial charge >= 0.3 is 0 Å². The summed E-state index contributed by atoms with van der Waals surface area (Å²) in [6.45, 7) is 1.96. The van der Waals surface area contributed by atoms with Gasteiger partial charge in [0.25, 0.3) is 0 Å². The van der Waals surface area contributed by atoms with Crippen LogP contribution in [0.4, 0.5) is 0 Å². The highest BCUT2D eigenvalue weighted by Gasteiger charge is 2.19. The third-order valence-corrected chi connectivity index (χ3v) is 3.78. The molecule has 1 unspecified atom stereocenters. The minimum absolute atomic E-state index is 0.258. The molecule has 2 N–H and O–H groups in total. The molecule has 112 valence electrons. The van der Waals surface area contributed by atoms with E-state index in [4.69, 9.17) is 4.74 Å². The van der Waals surface area contributed by atoms with Gasteiger partial charge in [0.05, 0.1) is 7.11 Å². The molecule has 0 saturated heterocycles. The zero-order chi connectivity index (χ0) is 15.2. The normalized spacial score (nSPS) is 12.4. The standard InChI is InChI=1S/C18H22O3/c1-3-16(18(19)20)17-10-5-4-8-14(17)11-13-7-6-9-15(12-13)21-2/h4-10,12,16,18-20H,3,11H2,1-2H3. The van der Waals surface area contributed by atoms with Crippen LogP contribution in [0, 0.1) is 0 Å². The first-order valence-corrected chi connectivity index (χ1v) is 7.22. The minimum Gasteiger partial charge on any atom is -0.497 e. The van der Waals surface area contributed by atoms with Crippen LogP contribution < -0.4 is 4.74 Å². The molecule has 0 aliphatic heterocycles. The predicted molar refractivity (Wildman–Crippen MR) is 83.5 cm³/mol. The highest BCUT2D eigenvalue weighted by molar-refractivity contribution is 5.37. The second-order valence-electron chi connectivity index (χ2n) is 5.16. The maximum atomic E-state index is 9.57. The molecule has 1 atom stereocenters. The summed E-state index contributed by atoms with van der Waals surface area (Å²) in [4.78, 5) is 0. The van der Waals surface area contributed by atoms with Gasteiger partial charge in [-0.15, -0.1) is 0 Å². The lowest BCUT2D eigenvalue weighted by Crippen LogP contribution is -2.18. The Kier molecular flexibility index (Phi) is 5.37. The summed E-state index contributed by atoms with van der Waals surface area (Å²) < 4.78 is 5.25. The maximum absolute atomic E-state index is 9.57. The van der Waals surface area contributed by atoms with Gasteiger partial charge in [0.15, 0.2) is 6.29 Å². The molecule has 21 heavy (non-hydrogen) atoms. The quantitative estimate of drug-likeness (QED) is 0.802. The summed E-state index contributed by atoms with van der Waals surface area (Å²) in [5.41, 5.74) is 3.26. The summed E-state index contributed by atoms with van der Waals surface area (Å²) in [7, 11) is 1.66. The minimum atomic E-state index is -1.33. The van der Waals surface area contributed by atoms with Gasteiger partial charge < -0.3 is 14.9 Å². The molecule has 3 heteroatoms. The van der Waals surface area contributed by atoms with Crippen LogP contribution in [0.25, 0.3) is 0 Å². The molecule has 0 radical (unpaired) electrons. The van der Waals surface area contributed by atoms with E-state index in [9.17, 15) is 10.2 Å². The lowest BCUT2D eigenvalue weighted by molar-refractivity contribution is -0.0611. The van der Waals surface area contributed by atoms with Gasteiger partial charge in [0.1, 0.15) is 5.75 Å². The van der Waals surface area contributed by atoms with Crippen LogP contribution in [0.5, 0.6) is 5.75 Å². The first-order chi connectivity index (χ1) is 10.2. The fraction of sp³-hybridized carbons (Fsp3) is 0.333. The Hall–Kier alpha value is -1.84. The fourth-order valence-electron chi connectivity index (χ4n) is 2.65. The molecule has 0 amide bonds. The van der Waals surface area contributed by atoms with Crippen molar-refractivity contribution in [3.05, 3.63) is 65.2 Å². The van der Waals surface area contributed by atoms with E-state index in [2.05, 4.69) is 6.07 Å². The van der Waals surface area contributed by atoms with Gasteiger partial charge in [0, 0.05) is 5.92 Å². The van der Waals surface area contributed by atoms with Crippen LogP contribution in [-0.4, -0.2) is 23.6 Å². The molecule has 0 fully saturated rings. The van der Waals surface area contributed by atoms with Crippen molar-refractivity contribution in [2.75, 3.05) is 7.11 Å². The van der Waals surface area contributed by atoms with E-state index in [1.54, 1.807) is 7.11 Å². The van der Waals surface area contributed by atoms with Crippen LogP contribution >= 0.6 is 0 Å². The molecule has 0 bridgehead atoms. The van der Waals surface area contributed by atoms with Crippen molar-refractivity contribution in [2.45, 2.75) is 32.0 Å². The first-order valence-electron chi connectivity index (χ1n) is 7.22. The Bertz CT molecular complexity index is 578. The molecule has 0 aliphatic rings. The number of methoxy groups -OCH3 is 1. The van der Waals surface area contributed by atoms with Crippen LogP contribution in [0.15, 0.2) is 48.5 Å². The van der Waals surface area contributed by atoms with E-state index in [0.717, 1.165) is 28.9 Å². The van der Waals surface area contributed by atoms with Crippen molar-refractivity contribution in [3.8, 4) is 5.75 Å². The van der Waals surface area contributed by atoms with Crippen molar-refractivity contribution >= 4 is 0 Å². The van der Waals surface area contributed by atoms with Crippen molar-refractivity contribution in [1.82, 2.24) is 0 Å². The Labute approximate surface area is 125 Å². The van der Waals surface area contributed by atoms with Gasteiger partial charge in [0.2, 0.25) is 0 Å². The molecule has 0 heterocycles. The van der Waals surface area contributed by atoms with E-state index in [0.29, 0.717) is 6.42 Å². The highest BCUT2D eigenvalue weighted by atomic mass is 16.5. The summed E-state index contributed by atoms with van der Waals surface area (Å²) in [5.74, 6) is 0.575. The molecule has 2 aromatic carbocycles. The average Bonchev–Trinajstić information content (AvgIpc) is 2.49. The van der Waals surface area contributed by atoms with Crippen LogP contribution in [-0.2, 0) is 6.42 Å². The fourth-order valence-corrected chi connectivity index (χ4v) is 2.65. The van der Waals surface area contributed by atoms with Gasteiger partial charge in [-0.1, -0.05) is 43.3 Å². The first kappa shape index (κ1) is 15.5. The van der Waals surface area contributed by atoms with Crippen molar-refractivity contribution < 1.29 is 14.9 Å². The summed E-state index contributed by atoms with van der Waals surface area (Å²) in [6, 6.07) is 15.9. The third kappa shape index (κ3) is 3.84. The largest absolute Gasteiger partial charge is 0.497 e. The molecule has 2 rings (SSSR count). The summed E-state index contributed by atoms with van der Waals surface area (Å²) in [6.07, 6.45) is 0.102. The van der Waals surface area contributed by atoms with Crippen molar-refractivity contribution in [2.24, 2.45) is 0 Å². The van der Waals surface area contributed by atoms with Crippen molar-refractivity contribution in [3.63, 3.8) is 0 Å². The molecule has 0 aliphatic carbocycles. The van der Waals surface area contributed by atoms with E-state index in [1.165, 1.54) is 0 Å². The van der Waals surface area contributed by atoms with Gasteiger partial charge in [-0.05, 0) is 41.7 Å². The van der Waals surface area contributed by atoms with Crippen LogP contribution in [0.1, 0.15) is 36.0 Å². The summed E-state index contributed by atoms with van der Waals surface area (Å²) >= 11 is 0. The Balaban J connectivity index is 2.31. The maximum Gasteiger partial charge on any atom is 0.158 e. The van der Waals surface area contributed by atoms with E-state index in [-0.39, 0.29) is 5.92 Å². The monoisotopic (exact) mass is 286 g/mol. The second kappa shape index (κ2) is 7.25. The van der Waals surface area contributed by atoms with Gasteiger partial charge in [-0.3, -0.25) is 0 Å². The number of hydrogen-bond donors (Lipinski definition) is 2. The van der Waals surface area contributed by atoms with E-state index < -0.39 is 6.29 Å². The van der Waals surface area contributed by atoms with Crippen LogP contribution in [0.3, 0.4) is 0 Å². The molecule has 0 aromatic heterocycles. The zero-order valence-electron chi connectivity index (χ0n) is 12.5. The van der Waals surface area contributed by atoms with Crippen molar-refractivity contribution in [1.29, 1.82) is 0 Å². The SMILES string of the molecule is CCC(c1ccccc1Cc1cccc(OC)c1)C(O)O. The smallest absolute Gasteiger partial charge is 0.158 e. The Morgan fingerprint density at radius 1 is 1.05 bits per heavy atom. The predicted octanol–water partition coefficient (Wildman–Crippen LogP) is 3.09. The van der Waals surface area contributed by atoms with Crippen LogP contribution in [0.2, 0.25) is 0 Å². The molecule has 0 saturated carbocycles. The number of aliphatic hydroxyl groups is 2. The number of aliphatic hydroxyl groups excluding tert-OH is 1. The lowest BCUT2D eigenvalue weighted by Gasteiger charge is -2.21. The zero-order valence-corrected chi connectivity index (χ0v) is 12.5. The summed E-state index contributed by atoms with van der Waals surface area (Å²) in [5, 5.41) is 19.1. The third-order valence-electron chi connectivity index (χ3n) is 3.78. The second-order valence-corrected chi connectivity index (χ2v) is 5.16. The van der Waals surface area contributed by atoms with Gasteiger partial charge in [-0.2, -0.15) is 0 Å². The number of hydrogen-bond acceptors (Lipinski definition) is 3. The number of rotatable bonds is 6. The molecule has 0 spiro atoms. The molecular formula is C18H22O3. The van der Waals surface area contributed by atoms with E-state index >= 15 is 0 Å².